The molecule has 0 saturated heterocycles. The van der Waals surface area contributed by atoms with E-state index in [-0.39, 0.29) is 29.6 Å². The van der Waals surface area contributed by atoms with E-state index in [1.54, 1.807) is 27.7 Å². The lowest BCUT2D eigenvalue weighted by Gasteiger charge is -2.30. The number of nitrogens with one attached hydrogen (secondary N) is 3. The van der Waals surface area contributed by atoms with Gasteiger partial charge in [0, 0.05) is 12.5 Å². The van der Waals surface area contributed by atoms with Gasteiger partial charge in [-0.25, -0.2) is 9.59 Å². The lowest BCUT2D eigenvalue weighted by molar-refractivity contribution is -0.144. The fourth-order valence-corrected chi connectivity index (χ4v) is 3.53. The van der Waals surface area contributed by atoms with Crippen LogP contribution in [0.1, 0.15) is 73.6 Å². The molecule has 1 rings (SSSR count). The van der Waals surface area contributed by atoms with E-state index in [0.29, 0.717) is 25.8 Å². The summed E-state index contributed by atoms with van der Waals surface area (Å²) in [6.45, 7) is 11.0. The van der Waals surface area contributed by atoms with Crippen LogP contribution in [0.3, 0.4) is 0 Å². The second kappa shape index (κ2) is 11.9. The van der Waals surface area contributed by atoms with Crippen LogP contribution in [0.2, 0.25) is 0 Å². The third kappa shape index (κ3) is 9.57. The summed E-state index contributed by atoms with van der Waals surface area (Å²) >= 11 is 0. The molecule has 0 aromatic carbocycles. The number of amides is 3. The van der Waals surface area contributed by atoms with Crippen molar-refractivity contribution in [3.8, 4) is 0 Å². The zero-order valence-corrected chi connectivity index (χ0v) is 19.6. The van der Waals surface area contributed by atoms with Crippen molar-refractivity contribution in [1.29, 1.82) is 0 Å². The van der Waals surface area contributed by atoms with Crippen molar-refractivity contribution in [2.75, 3.05) is 6.54 Å². The third-order valence-electron chi connectivity index (χ3n) is 5.69. The summed E-state index contributed by atoms with van der Waals surface area (Å²) in [4.78, 5) is 47.9. The summed E-state index contributed by atoms with van der Waals surface area (Å²) in [5.41, 5.74) is -0.635. The molecule has 3 amide bonds. The molecule has 1 aliphatic carbocycles. The summed E-state index contributed by atoms with van der Waals surface area (Å²) in [7, 11) is 0. The normalized spacial score (nSPS) is 21.9. The lowest BCUT2D eigenvalue weighted by atomic mass is 9.81. The van der Waals surface area contributed by atoms with Crippen LogP contribution in [0.15, 0.2) is 0 Å². The van der Waals surface area contributed by atoms with E-state index in [2.05, 4.69) is 16.0 Å². The van der Waals surface area contributed by atoms with E-state index in [0.717, 1.165) is 12.8 Å². The minimum absolute atomic E-state index is 0.135. The monoisotopic (exact) mass is 441 g/mol. The Balaban J connectivity index is 2.39. The molecular formula is C22H39N3O6. The molecule has 31 heavy (non-hydrogen) atoms. The van der Waals surface area contributed by atoms with E-state index < -0.39 is 29.7 Å². The number of hydrogen-bond acceptors (Lipinski definition) is 5. The van der Waals surface area contributed by atoms with Gasteiger partial charge in [-0.05, 0) is 65.2 Å². The Morgan fingerprint density at radius 2 is 1.61 bits per heavy atom. The summed E-state index contributed by atoms with van der Waals surface area (Å²) in [6.07, 6.45) is 2.89. The van der Waals surface area contributed by atoms with Crippen LogP contribution in [0.25, 0.3) is 0 Å². The highest BCUT2D eigenvalue weighted by atomic mass is 16.6. The van der Waals surface area contributed by atoms with Crippen molar-refractivity contribution in [2.24, 2.45) is 17.8 Å². The van der Waals surface area contributed by atoms with E-state index in [1.807, 2.05) is 13.8 Å². The number of aliphatic carboxylic acids is 1. The summed E-state index contributed by atoms with van der Waals surface area (Å²) in [6, 6.07) is -1.58. The summed E-state index contributed by atoms with van der Waals surface area (Å²) in [5.74, 6) is -1.59. The number of carboxylic acids is 1. The van der Waals surface area contributed by atoms with Gasteiger partial charge in [-0.1, -0.05) is 20.3 Å². The van der Waals surface area contributed by atoms with Gasteiger partial charge in [0.2, 0.25) is 11.8 Å². The Kier molecular flexibility index (Phi) is 10.3. The molecule has 178 valence electrons. The Labute approximate surface area is 185 Å². The van der Waals surface area contributed by atoms with Gasteiger partial charge in [-0.15, -0.1) is 0 Å². The van der Waals surface area contributed by atoms with Crippen molar-refractivity contribution >= 4 is 23.9 Å². The lowest BCUT2D eigenvalue weighted by Crippen LogP contribution is -2.48. The number of ether oxygens (including phenoxy) is 1. The Morgan fingerprint density at radius 3 is 2.10 bits per heavy atom. The standard InChI is InChI=1S/C22H39N3O6/c1-7-13(2)17(20(28)29)25-19(27)16-10-8-15(9-11-16)12-23-18(26)14(3)24-21(30)31-22(4,5)6/h13-17H,7-12H2,1-6H3,(H,23,26)(H,24,30)(H,25,27)(H,28,29)/t13?,14-,15?,16?,17-/m0/s1. The fourth-order valence-electron chi connectivity index (χ4n) is 3.53. The molecule has 0 heterocycles. The number of alkyl carbamates (subject to hydrolysis) is 1. The zero-order valence-electron chi connectivity index (χ0n) is 19.6. The van der Waals surface area contributed by atoms with Gasteiger partial charge in [0.15, 0.2) is 0 Å². The second-order valence-electron chi connectivity index (χ2n) is 9.54. The Hall–Kier alpha value is -2.32. The van der Waals surface area contributed by atoms with Crippen LogP contribution >= 0.6 is 0 Å². The molecule has 4 N–H and O–H groups in total. The number of carboxylic acid groups (broad SMARTS) is 1. The average molecular weight is 442 g/mol. The van der Waals surface area contributed by atoms with Gasteiger partial charge in [-0.2, -0.15) is 0 Å². The van der Waals surface area contributed by atoms with E-state index in [1.165, 1.54) is 0 Å². The maximum Gasteiger partial charge on any atom is 0.408 e. The first-order valence-corrected chi connectivity index (χ1v) is 11.1. The zero-order chi connectivity index (χ0) is 23.8. The topological polar surface area (TPSA) is 134 Å². The molecular weight excluding hydrogens is 402 g/mol. The second-order valence-corrected chi connectivity index (χ2v) is 9.54. The molecule has 9 nitrogen and oxygen atoms in total. The number of rotatable bonds is 9. The van der Waals surface area contributed by atoms with Gasteiger partial charge in [0.05, 0.1) is 0 Å². The van der Waals surface area contributed by atoms with E-state index >= 15 is 0 Å². The largest absolute Gasteiger partial charge is 0.480 e. The smallest absolute Gasteiger partial charge is 0.408 e. The SMILES string of the molecule is CCC(C)[C@H](NC(=O)C1CCC(CNC(=O)[C@H](C)NC(=O)OC(C)(C)C)CC1)C(=O)O. The first-order chi connectivity index (χ1) is 14.3. The van der Waals surface area contributed by atoms with Gasteiger partial charge in [0.1, 0.15) is 17.7 Å². The third-order valence-corrected chi connectivity index (χ3v) is 5.69. The minimum atomic E-state index is -1.01. The fraction of sp³-hybridized carbons (Fsp3) is 0.818. The highest BCUT2D eigenvalue weighted by molar-refractivity contribution is 5.86. The van der Waals surface area contributed by atoms with Crippen LogP contribution in [0.5, 0.6) is 0 Å². The van der Waals surface area contributed by atoms with Crippen LogP contribution < -0.4 is 16.0 Å². The molecule has 1 unspecified atom stereocenters. The summed E-state index contributed by atoms with van der Waals surface area (Å²) < 4.78 is 5.15. The predicted molar refractivity (Wildman–Crippen MR) is 116 cm³/mol. The summed E-state index contributed by atoms with van der Waals surface area (Å²) in [5, 5.41) is 17.4. The van der Waals surface area contributed by atoms with Gasteiger partial charge < -0.3 is 25.8 Å². The van der Waals surface area contributed by atoms with Crippen molar-refractivity contribution in [3.05, 3.63) is 0 Å². The highest BCUT2D eigenvalue weighted by Crippen LogP contribution is 2.29. The van der Waals surface area contributed by atoms with Gasteiger partial charge in [0.25, 0.3) is 0 Å². The quantitative estimate of drug-likeness (QED) is 0.434. The average Bonchev–Trinajstić information content (AvgIpc) is 2.67. The first-order valence-electron chi connectivity index (χ1n) is 11.1. The van der Waals surface area contributed by atoms with Gasteiger partial charge in [-0.3, -0.25) is 9.59 Å². The van der Waals surface area contributed by atoms with Gasteiger partial charge >= 0.3 is 12.1 Å². The Bertz CT molecular complexity index is 638. The molecule has 0 spiro atoms. The highest BCUT2D eigenvalue weighted by Gasteiger charge is 2.31. The first kappa shape index (κ1) is 26.7. The van der Waals surface area contributed by atoms with E-state index in [9.17, 15) is 24.3 Å². The number of carbonyl (C=O) groups excluding carboxylic acids is 3. The van der Waals surface area contributed by atoms with Crippen molar-refractivity contribution in [1.82, 2.24) is 16.0 Å². The predicted octanol–water partition coefficient (Wildman–Crippen LogP) is 2.44. The molecule has 1 aliphatic rings. The molecule has 0 aromatic rings. The van der Waals surface area contributed by atoms with Crippen molar-refractivity contribution in [3.63, 3.8) is 0 Å². The molecule has 1 saturated carbocycles. The molecule has 1 fully saturated rings. The number of carbonyl (C=O) groups is 4. The molecule has 3 atom stereocenters. The van der Waals surface area contributed by atoms with Crippen molar-refractivity contribution < 1.29 is 29.0 Å². The van der Waals surface area contributed by atoms with Crippen molar-refractivity contribution in [2.45, 2.75) is 91.3 Å². The molecule has 0 bridgehead atoms. The van der Waals surface area contributed by atoms with E-state index in [4.69, 9.17) is 4.74 Å². The maximum atomic E-state index is 12.5. The Morgan fingerprint density at radius 1 is 1.03 bits per heavy atom. The van der Waals surface area contributed by atoms with Crippen LogP contribution in [-0.4, -0.2) is 53.2 Å². The molecule has 0 radical (unpaired) electrons. The molecule has 9 heteroatoms. The maximum absolute atomic E-state index is 12.5. The number of hydrogen-bond donors (Lipinski definition) is 4. The van der Waals surface area contributed by atoms with Crippen LogP contribution in [-0.2, 0) is 19.1 Å². The molecule has 0 aromatic heterocycles. The molecule has 0 aliphatic heterocycles. The minimum Gasteiger partial charge on any atom is -0.480 e. The van der Waals surface area contributed by atoms with Crippen LogP contribution in [0, 0.1) is 17.8 Å². The van der Waals surface area contributed by atoms with Crippen LogP contribution in [0.4, 0.5) is 4.79 Å².